The zero-order valence-corrected chi connectivity index (χ0v) is 20.8. The highest BCUT2D eigenvalue weighted by molar-refractivity contribution is 7.89. The van der Waals surface area contributed by atoms with E-state index >= 15 is 0 Å². The van der Waals surface area contributed by atoms with Gasteiger partial charge in [0.1, 0.15) is 5.75 Å². The van der Waals surface area contributed by atoms with Crippen LogP contribution in [0.3, 0.4) is 0 Å². The van der Waals surface area contributed by atoms with E-state index in [0.717, 1.165) is 16.4 Å². The Hall–Kier alpha value is -2.79. The van der Waals surface area contributed by atoms with Crippen molar-refractivity contribution in [3.63, 3.8) is 0 Å². The van der Waals surface area contributed by atoms with Crippen molar-refractivity contribution in [3.8, 4) is 5.75 Å². The average molecular weight is 514 g/mol. The minimum Gasteiger partial charge on any atom is -0.494 e. The first-order chi connectivity index (χ1) is 16.5. The fourth-order valence-electron chi connectivity index (χ4n) is 3.96. The Kier molecular flexibility index (Phi) is 8.32. The number of piperazine rings is 1. The molecule has 0 aromatic heterocycles. The van der Waals surface area contributed by atoms with Crippen LogP contribution < -0.4 is 9.64 Å². The van der Waals surface area contributed by atoms with E-state index in [9.17, 15) is 26.4 Å². The van der Waals surface area contributed by atoms with E-state index in [2.05, 4.69) is 0 Å². The lowest BCUT2D eigenvalue weighted by Gasteiger charge is -2.37. The quantitative estimate of drug-likeness (QED) is 0.538. The molecule has 1 aliphatic rings. The van der Waals surface area contributed by atoms with Crippen LogP contribution in [0.5, 0.6) is 5.75 Å². The molecule has 11 heteroatoms. The highest BCUT2D eigenvalue weighted by atomic mass is 32.2. The lowest BCUT2D eigenvalue weighted by atomic mass is 10.1. The summed E-state index contributed by atoms with van der Waals surface area (Å²) in [5, 5.41) is 0. The van der Waals surface area contributed by atoms with Gasteiger partial charge < -0.3 is 14.5 Å². The van der Waals surface area contributed by atoms with Gasteiger partial charge in [0.05, 0.1) is 23.6 Å². The Morgan fingerprint density at radius 3 is 2.31 bits per heavy atom. The molecule has 0 bridgehead atoms. The van der Waals surface area contributed by atoms with Gasteiger partial charge in [0.2, 0.25) is 15.9 Å². The Morgan fingerprint density at radius 1 is 1.06 bits per heavy atom. The summed E-state index contributed by atoms with van der Waals surface area (Å²) in [6, 6.07) is 9.69. The minimum atomic E-state index is -4.43. The predicted octanol–water partition coefficient (Wildman–Crippen LogP) is 3.77. The van der Waals surface area contributed by atoms with Crippen LogP contribution in [-0.2, 0) is 21.0 Å². The molecule has 1 fully saturated rings. The van der Waals surface area contributed by atoms with Crippen LogP contribution in [0.2, 0.25) is 0 Å². The first-order valence-electron chi connectivity index (χ1n) is 11.4. The first-order valence-corrected chi connectivity index (χ1v) is 12.8. The second-order valence-electron chi connectivity index (χ2n) is 8.21. The summed E-state index contributed by atoms with van der Waals surface area (Å²) < 4.78 is 72.0. The number of alkyl halides is 3. The molecular formula is C24H30F3N3O4S. The van der Waals surface area contributed by atoms with Crippen molar-refractivity contribution >= 4 is 21.6 Å². The molecule has 1 saturated heterocycles. The number of halogens is 3. The number of anilines is 1. The number of aryl methyl sites for hydroxylation is 1. The number of rotatable bonds is 8. The van der Waals surface area contributed by atoms with Gasteiger partial charge in [-0.1, -0.05) is 13.0 Å². The molecule has 0 N–H and O–H groups in total. The monoisotopic (exact) mass is 513 g/mol. The summed E-state index contributed by atoms with van der Waals surface area (Å²) >= 11 is 0. The van der Waals surface area contributed by atoms with Gasteiger partial charge in [0, 0.05) is 38.4 Å². The maximum Gasteiger partial charge on any atom is 0.416 e. The van der Waals surface area contributed by atoms with E-state index in [4.69, 9.17) is 4.74 Å². The van der Waals surface area contributed by atoms with Crippen LogP contribution in [0.1, 0.15) is 25.0 Å². The topological polar surface area (TPSA) is 70.2 Å². The van der Waals surface area contributed by atoms with Gasteiger partial charge in [0.15, 0.2) is 0 Å². The zero-order valence-electron chi connectivity index (χ0n) is 20.0. The van der Waals surface area contributed by atoms with Crippen LogP contribution in [0, 0.1) is 6.92 Å². The van der Waals surface area contributed by atoms with Crippen LogP contribution in [-0.4, -0.2) is 69.4 Å². The third-order valence-corrected chi connectivity index (χ3v) is 7.84. The van der Waals surface area contributed by atoms with Crippen molar-refractivity contribution in [1.29, 1.82) is 0 Å². The van der Waals surface area contributed by atoms with Crippen LogP contribution in [0.15, 0.2) is 47.4 Å². The fraction of sp³-hybridized carbons (Fsp3) is 0.458. The van der Waals surface area contributed by atoms with Crippen molar-refractivity contribution in [2.45, 2.75) is 31.8 Å². The van der Waals surface area contributed by atoms with Crippen molar-refractivity contribution in [1.82, 2.24) is 9.21 Å². The van der Waals surface area contributed by atoms with E-state index in [-0.39, 0.29) is 37.0 Å². The Balaban J connectivity index is 1.65. The number of carbonyl (C=O) groups is 1. The van der Waals surface area contributed by atoms with Gasteiger partial charge in [-0.25, -0.2) is 8.42 Å². The van der Waals surface area contributed by atoms with Crippen molar-refractivity contribution < 1.29 is 31.1 Å². The highest BCUT2D eigenvalue weighted by Gasteiger charge is 2.32. The average Bonchev–Trinajstić information content (AvgIpc) is 2.83. The number of hydrogen-bond acceptors (Lipinski definition) is 5. The molecule has 0 unspecified atom stereocenters. The zero-order chi connectivity index (χ0) is 25.8. The van der Waals surface area contributed by atoms with E-state index < -0.39 is 21.8 Å². The Morgan fingerprint density at radius 2 is 1.74 bits per heavy atom. The van der Waals surface area contributed by atoms with Gasteiger partial charge >= 0.3 is 6.18 Å². The number of hydrogen-bond donors (Lipinski definition) is 0. The third-order valence-electron chi connectivity index (χ3n) is 5.92. The molecule has 0 saturated carbocycles. The Labute approximate surface area is 204 Å². The summed E-state index contributed by atoms with van der Waals surface area (Å²) in [5.41, 5.74) is 0.401. The van der Waals surface area contributed by atoms with Crippen molar-refractivity contribution in [3.05, 3.63) is 53.6 Å². The number of carbonyl (C=O) groups excluding carboxylic acids is 1. The number of likely N-dealkylation sites (N-methyl/N-ethyl adjacent to an activating group) is 1. The fourth-order valence-corrected chi connectivity index (χ4v) is 5.44. The molecule has 192 valence electrons. The molecule has 3 rings (SSSR count). The molecule has 2 aromatic rings. The van der Waals surface area contributed by atoms with Crippen LogP contribution >= 0.6 is 0 Å². The summed E-state index contributed by atoms with van der Waals surface area (Å²) in [6.07, 6.45) is -4.43. The summed E-state index contributed by atoms with van der Waals surface area (Å²) in [6.45, 7) is 6.81. The summed E-state index contributed by atoms with van der Waals surface area (Å²) in [4.78, 5) is 16.3. The molecule has 7 nitrogen and oxygen atoms in total. The lowest BCUT2D eigenvalue weighted by Crippen LogP contribution is -2.51. The second kappa shape index (κ2) is 10.9. The number of ether oxygens (including phenoxy) is 1. The normalized spacial score (nSPS) is 14.9. The number of sulfonamides is 1. The van der Waals surface area contributed by atoms with Crippen LogP contribution in [0.25, 0.3) is 0 Å². The lowest BCUT2D eigenvalue weighted by molar-refractivity contribution is -0.137. The van der Waals surface area contributed by atoms with Crippen molar-refractivity contribution in [2.75, 3.05) is 50.8 Å². The molecule has 0 radical (unpaired) electrons. The third kappa shape index (κ3) is 6.26. The maximum absolute atomic E-state index is 13.2. The SMILES string of the molecule is CCOc1ccc(S(=O)(=O)N(CC)CC(=O)N2CCN(c3cccc(C(F)(F)F)c3)CC2)cc1C. The second-order valence-corrected chi connectivity index (χ2v) is 10.1. The van der Waals surface area contributed by atoms with Gasteiger partial charge in [-0.15, -0.1) is 0 Å². The molecular weight excluding hydrogens is 483 g/mol. The maximum atomic E-state index is 13.2. The number of amides is 1. The minimum absolute atomic E-state index is 0.0856. The largest absolute Gasteiger partial charge is 0.494 e. The number of nitrogens with zero attached hydrogens (tertiary/aromatic N) is 3. The molecule has 2 aromatic carbocycles. The van der Waals surface area contributed by atoms with E-state index in [1.54, 1.807) is 35.8 Å². The summed E-state index contributed by atoms with van der Waals surface area (Å²) in [7, 11) is -3.90. The van der Waals surface area contributed by atoms with Gasteiger partial charge in [0.25, 0.3) is 0 Å². The van der Waals surface area contributed by atoms with Crippen LogP contribution in [0.4, 0.5) is 18.9 Å². The Bertz CT molecular complexity index is 1150. The first kappa shape index (κ1) is 26.8. The molecule has 0 atom stereocenters. The van der Waals surface area contributed by atoms with Crippen molar-refractivity contribution in [2.24, 2.45) is 0 Å². The standard InChI is InChI=1S/C24H30F3N3O4S/c1-4-30(35(32,33)21-9-10-22(34-5-2)18(3)15-21)17-23(31)29-13-11-28(12-14-29)20-8-6-7-19(16-20)24(25,26)27/h6-10,15-16H,4-5,11-14,17H2,1-3H3. The smallest absolute Gasteiger partial charge is 0.416 e. The molecule has 0 spiro atoms. The number of benzene rings is 2. The van der Waals surface area contributed by atoms with Gasteiger partial charge in [-0.05, 0) is 55.8 Å². The van der Waals surface area contributed by atoms with Gasteiger partial charge in [-0.3, -0.25) is 4.79 Å². The predicted molar refractivity (Wildman–Crippen MR) is 127 cm³/mol. The molecule has 0 aliphatic carbocycles. The van der Waals surface area contributed by atoms with Gasteiger partial charge in [-0.2, -0.15) is 17.5 Å². The van der Waals surface area contributed by atoms with E-state index in [0.29, 0.717) is 36.7 Å². The summed E-state index contributed by atoms with van der Waals surface area (Å²) in [5.74, 6) is 0.256. The van der Waals surface area contributed by atoms with E-state index in [1.165, 1.54) is 18.2 Å². The molecule has 1 amide bonds. The molecule has 35 heavy (non-hydrogen) atoms. The highest BCUT2D eigenvalue weighted by Crippen LogP contribution is 2.32. The van der Waals surface area contributed by atoms with E-state index in [1.807, 2.05) is 6.92 Å². The molecule has 1 heterocycles. The molecule has 1 aliphatic heterocycles.